The zero-order valence-corrected chi connectivity index (χ0v) is 11.7. The molecule has 0 saturated carbocycles. The molecule has 1 amide bonds. The lowest BCUT2D eigenvalue weighted by atomic mass is 10.0. The molecule has 0 aromatic heterocycles. The third-order valence-corrected chi connectivity index (χ3v) is 3.51. The van der Waals surface area contributed by atoms with E-state index in [1.54, 1.807) is 7.11 Å². The number of carbonyl (C=O) groups excluding carboxylic acids is 1. The van der Waals surface area contributed by atoms with E-state index in [1.807, 2.05) is 19.1 Å². The summed E-state index contributed by atoms with van der Waals surface area (Å²) >= 11 is 0. The molecule has 1 heterocycles. The van der Waals surface area contributed by atoms with Gasteiger partial charge in [0, 0.05) is 31.5 Å². The molecule has 0 radical (unpaired) electrons. The van der Waals surface area contributed by atoms with Crippen molar-refractivity contribution in [3.63, 3.8) is 0 Å². The van der Waals surface area contributed by atoms with Gasteiger partial charge < -0.3 is 15.4 Å². The highest BCUT2D eigenvalue weighted by Crippen LogP contribution is 2.25. The summed E-state index contributed by atoms with van der Waals surface area (Å²) in [5, 5.41) is 6.31. The van der Waals surface area contributed by atoms with E-state index < -0.39 is 0 Å². The second-order valence-corrected chi connectivity index (χ2v) is 5.04. The molecule has 0 aliphatic carbocycles. The first-order valence-corrected chi connectivity index (χ1v) is 6.88. The molecule has 1 aromatic carbocycles. The van der Waals surface area contributed by atoms with Crippen LogP contribution < -0.4 is 10.6 Å². The number of ether oxygens (including phenoxy) is 1. The van der Waals surface area contributed by atoms with Gasteiger partial charge in [0.05, 0.1) is 6.10 Å². The minimum atomic E-state index is 0.0487. The number of hydrogen-bond donors (Lipinski definition) is 2. The summed E-state index contributed by atoms with van der Waals surface area (Å²) < 4.78 is 5.14. The van der Waals surface area contributed by atoms with Gasteiger partial charge in [-0.1, -0.05) is 0 Å². The van der Waals surface area contributed by atoms with Crippen molar-refractivity contribution in [2.45, 2.75) is 38.7 Å². The van der Waals surface area contributed by atoms with Crippen molar-refractivity contribution in [1.29, 1.82) is 0 Å². The molecule has 0 spiro atoms. The molecule has 4 nitrogen and oxygen atoms in total. The van der Waals surface area contributed by atoms with Crippen LogP contribution in [0, 0.1) is 0 Å². The molecule has 0 fully saturated rings. The van der Waals surface area contributed by atoms with Gasteiger partial charge in [0.2, 0.25) is 5.91 Å². The molecule has 1 aliphatic rings. The molecular formula is C15H22N2O2. The van der Waals surface area contributed by atoms with Gasteiger partial charge in [0.1, 0.15) is 0 Å². The number of benzene rings is 1. The Hall–Kier alpha value is -1.55. The number of hydrogen-bond acceptors (Lipinski definition) is 3. The van der Waals surface area contributed by atoms with Crippen LogP contribution in [0.4, 0.5) is 11.4 Å². The first-order valence-electron chi connectivity index (χ1n) is 6.88. The lowest BCUT2D eigenvalue weighted by Gasteiger charge is -2.19. The van der Waals surface area contributed by atoms with Gasteiger partial charge in [-0.3, -0.25) is 4.79 Å². The Labute approximate surface area is 114 Å². The predicted molar refractivity (Wildman–Crippen MR) is 77.6 cm³/mol. The minimum absolute atomic E-state index is 0.0487. The standard InChI is InChI=1S/C15H22N2O2/c1-11(19-2)5-8-15(18)17-13-6-7-14-12(10-13)4-3-9-16-14/h6-7,10-11,16H,3-5,8-9H2,1-2H3,(H,17,18). The number of fused-ring (bicyclic) bond motifs is 1. The highest BCUT2D eigenvalue weighted by atomic mass is 16.5. The van der Waals surface area contributed by atoms with Crippen LogP contribution in [-0.4, -0.2) is 25.7 Å². The molecule has 0 bridgehead atoms. The van der Waals surface area contributed by atoms with E-state index in [4.69, 9.17) is 4.74 Å². The van der Waals surface area contributed by atoms with Crippen molar-refractivity contribution in [2.24, 2.45) is 0 Å². The molecule has 1 unspecified atom stereocenters. The molecule has 1 atom stereocenters. The van der Waals surface area contributed by atoms with Gasteiger partial charge in [0.25, 0.3) is 0 Å². The number of aryl methyl sites for hydroxylation is 1. The van der Waals surface area contributed by atoms with E-state index in [1.165, 1.54) is 11.3 Å². The van der Waals surface area contributed by atoms with Gasteiger partial charge in [-0.25, -0.2) is 0 Å². The predicted octanol–water partition coefficient (Wildman–Crippen LogP) is 2.80. The third-order valence-electron chi connectivity index (χ3n) is 3.51. The van der Waals surface area contributed by atoms with Crippen molar-refractivity contribution in [1.82, 2.24) is 0 Å². The monoisotopic (exact) mass is 262 g/mol. The summed E-state index contributed by atoms with van der Waals surface area (Å²) in [6.45, 7) is 3.01. The fraction of sp³-hybridized carbons (Fsp3) is 0.533. The van der Waals surface area contributed by atoms with Crippen molar-refractivity contribution < 1.29 is 9.53 Å². The minimum Gasteiger partial charge on any atom is -0.385 e. The summed E-state index contributed by atoms with van der Waals surface area (Å²) in [4.78, 5) is 11.8. The van der Waals surface area contributed by atoms with Crippen LogP contribution in [0.2, 0.25) is 0 Å². The molecule has 19 heavy (non-hydrogen) atoms. The summed E-state index contributed by atoms with van der Waals surface area (Å²) in [5.74, 6) is 0.0487. The second kappa shape index (κ2) is 6.57. The molecule has 1 aliphatic heterocycles. The highest BCUT2D eigenvalue weighted by molar-refractivity contribution is 5.91. The van der Waals surface area contributed by atoms with Crippen LogP contribution in [0.1, 0.15) is 31.7 Å². The quantitative estimate of drug-likeness (QED) is 0.858. The fourth-order valence-corrected chi connectivity index (χ4v) is 2.23. The number of nitrogens with one attached hydrogen (secondary N) is 2. The lowest BCUT2D eigenvalue weighted by Crippen LogP contribution is -2.16. The fourth-order valence-electron chi connectivity index (χ4n) is 2.23. The van der Waals surface area contributed by atoms with E-state index >= 15 is 0 Å². The van der Waals surface area contributed by atoms with Crippen LogP contribution in [0.15, 0.2) is 18.2 Å². The van der Waals surface area contributed by atoms with Crippen LogP contribution >= 0.6 is 0 Å². The van der Waals surface area contributed by atoms with Crippen molar-refractivity contribution in [2.75, 3.05) is 24.3 Å². The number of carbonyl (C=O) groups is 1. The smallest absolute Gasteiger partial charge is 0.224 e. The molecule has 0 saturated heterocycles. The first-order chi connectivity index (χ1) is 9.19. The number of methoxy groups -OCH3 is 1. The van der Waals surface area contributed by atoms with Gasteiger partial charge >= 0.3 is 0 Å². The SMILES string of the molecule is COC(C)CCC(=O)Nc1ccc2c(c1)CCCN2. The van der Waals surface area contributed by atoms with Gasteiger partial charge in [-0.2, -0.15) is 0 Å². The molecule has 2 rings (SSSR count). The Morgan fingerprint density at radius 1 is 1.53 bits per heavy atom. The maximum absolute atomic E-state index is 11.8. The van der Waals surface area contributed by atoms with Crippen LogP contribution in [0.3, 0.4) is 0 Å². The Morgan fingerprint density at radius 2 is 2.37 bits per heavy atom. The van der Waals surface area contributed by atoms with Crippen LogP contribution in [0.25, 0.3) is 0 Å². The van der Waals surface area contributed by atoms with Crippen molar-refractivity contribution >= 4 is 17.3 Å². The average molecular weight is 262 g/mol. The maximum Gasteiger partial charge on any atom is 0.224 e. The second-order valence-electron chi connectivity index (χ2n) is 5.04. The highest BCUT2D eigenvalue weighted by Gasteiger charge is 2.10. The zero-order chi connectivity index (χ0) is 13.7. The number of rotatable bonds is 5. The van der Waals surface area contributed by atoms with Gasteiger partial charge in [0.15, 0.2) is 0 Å². The number of amides is 1. The summed E-state index contributed by atoms with van der Waals surface area (Å²) in [7, 11) is 1.67. The topological polar surface area (TPSA) is 50.4 Å². The van der Waals surface area contributed by atoms with E-state index in [0.29, 0.717) is 6.42 Å². The molecule has 4 heteroatoms. The zero-order valence-electron chi connectivity index (χ0n) is 11.7. The third kappa shape index (κ3) is 3.96. The average Bonchev–Trinajstić information content (AvgIpc) is 2.44. The molecular weight excluding hydrogens is 240 g/mol. The largest absolute Gasteiger partial charge is 0.385 e. The molecule has 1 aromatic rings. The van der Waals surface area contributed by atoms with Crippen LogP contribution in [-0.2, 0) is 16.0 Å². The first kappa shape index (κ1) is 13.9. The Balaban J connectivity index is 1.90. The lowest BCUT2D eigenvalue weighted by molar-refractivity contribution is -0.116. The maximum atomic E-state index is 11.8. The van der Waals surface area contributed by atoms with E-state index in [-0.39, 0.29) is 12.0 Å². The van der Waals surface area contributed by atoms with Gasteiger partial charge in [-0.15, -0.1) is 0 Å². The molecule has 104 valence electrons. The summed E-state index contributed by atoms with van der Waals surface area (Å²) in [6, 6.07) is 6.07. The Bertz CT molecular complexity index is 446. The van der Waals surface area contributed by atoms with E-state index in [9.17, 15) is 4.79 Å². The Kier molecular flexibility index (Phi) is 4.80. The molecule has 2 N–H and O–H groups in total. The van der Waals surface area contributed by atoms with E-state index in [2.05, 4.69) is 16.7 Å². The van der Waals surface area contributed by atoms with E-state index in [0.717, 1.165) is 31.5 Å². The van der Waals surface area contributed by atoms with Gasteiger partial charge in [-0.05, 0) is 49.9 Å². The van der Waals surface area contributed by atoms with Crippen LogP contribution in [0.5, 0.6) is 0 Å². The normalized spacial score (nSPS) is 15.3. The summed E-state index contributed by atoms with van der Waals surface area (Å²) in [5.41, 5.74) is 3.36. The van der Waals surface area contributed by atoms with Crippen molar-refractivity contribution in [3.8, 4) is 0 Å². The number of anilines is 2. The Morgan fingerprint density at radius 3 is 3.16 bits per heavy atom. The van der Waals surface area contributed by atoms with Crippen molar-refractivity contribution in [3.05, 3.63) is 23.8 Å². The summed E-state index contributed by atoms with van der Waals surface area (Å²) in [6.07, 6.45) is 3.58.